The third-order valence-electron chi connectivity index (χ3n) is 2.81. The molecule has 0 spiro atoms. The van der Waals surface area contributed by atoms with Gasteiger partial charge in [0.2, 0.25) is 0 Å². The maximum absolute atomic E-state index is 12.0. The molecule has 1 aromatic carbocycles. The van der Waals surface area contributed by atoms with Crippen molar-refractivity contribution >= 4 is 11.6 Å². The van der Waals surface area contributed by atoms with Crippen molar-refractivity contribution in [2.24, 2.45) is 0 Å². The number of rotatable bonds is 5. The van der Waals surface area contributed by atoms with Crippen molar-refractivity contribution in [2.75, 3.05) is 19.0 Å². The molecule has 0 bridgehead atoms. The second-order valence-corrected chi connectivity index (χ2v) is 4.46. The molecule has 20 heavy (non-hydrogen) atoms. The van der Waals surface area contributed by atoms with Gasteiger partial charge in [0.15, 0.2) is 0 Å². The fraction of sp³-hybridized carbons (Fsp3) is 0.286. The number of carbonyl (C=O) groups is 1. The fourth-order valence-electron chi connectivity index (χ4n) is 1.77. The minimum absolute atomic E-state index is 0.0331. The van der Waals surface area contributed by atoms with E-state index in [0.717, 1.165) is 5.56 Å². The summed E-state index contributed by atoms with van der Waals surface area (Å²) in [6, 6.07) is 4.92. The Bertz CT molecular complexity index is 607. The zero-order chi connectivity index (χ0) is 14.5. The highest BCUT2D eigenvalue weighted by Crippen LogP contribution is 2.19. The zero-order valence-electron chi connectivity index (χ0n) is 11.5. The largest absolute Gasteiger partial charge is 0.507 e. The smallest absolute Gasteiger partial charge is 0.259 e. The summed E-state index contributed by atoms with van der Waals surface area (Å²) < 4.78 is 6.63. The van der Waals surface area contributed by atoms with E-state index in [4.69, 9.17) is 4.74 Å². The number of anilines is 1. The quantitative estimate of drug-likeness (QED) is 0.872. The molecule has 2 aromatic rings. The van der Waals surface area contributed by atoms with E-state index in [1.54, 1.807) is 42.4 Å². The van der Waals surface area contributed by atoms with Crippen LogP contribution in [0.1, 0.15) is 15.9 Å². The number of aryl methyl sites for hydroxylation is 1. The second kappa shape index (κ2) is 6.21. The van der Waals surface area contributed by atoms with E-state index in [1.165, 1.54) is 0 Å². The maximum atomic E-state index is 12.0. The van der Waals surface area contributed by atoms with Crippen LogP contribution in [0.5, 0.6) is 5.75 Å². The van der Waals surface area contributed by atoms with E-state index in [0.29, 0.717) is 18.8 Å². The normalized spacial score (nSPS) is 10.5. The molecule has 0 saturated heterocycles. The Balaban J connectivity index is 2.05. The van der Waals surface area contributed by atoms with Gasteiger partial charge >= 0.3 is 0 Å². The molecule has 2 N–H and O–H groups in total. The van der Waals surface area contributed by atoms with Gasteiger partial charge in [-0.1, -0.05) is 6.07 Å². The van der Waals surface area contributed by atoms with Gasteiger partial charge in [-0.25, -0.2) is 0 Å². The number of amides is 1. The number of carbonyl (C=O) groups excluding carboxylic acids is 1. The van der Waals surface area contributed by atoms with Gasteiger partial charge in [-0.15, -0.1) is 0 Å². The number of benzene rings is 1. The first-order valence-corrected chi connectivity index (χ1v) is 6.22. The highest BCUT2D eigenvalue weighted by molar-refractivity contribution is 6.06. The number of aromatic hydroxyl groups is 1. The van der Waals surface area contributed by atoms with Crippen LogP contribution in [-0.4, -0.2) is 34.5 Å². The summed E-state index contributed by atoms with van der Waals surface area (Å²) in [6.07, 6.45) is 3.26. The van der Waals surface area contributed by atoms with Crippen LogP contribution < -0.4 is 5.32 Å². The first-order valence-electron chi connectivity index (χ1n) is 6.22. The van der Waals surface area contributed by atoms with Crippen LogP contribution in [0, 0.1) is 6.92 Å². The summed E-state index contributed by atoms with van der Waals surface area (Å²) in [6.45, 7) is 3.01. The highest BCUT2D eigenvalue weighted by Gasteiger charge is 2.12. The number of aromatic nitrogens is 2. The molecule has 0 atom stereocenters. The van der Waals surface area contributed by atoms with Crippen LogP contribution in [-0.2, 0) is 11.3 Å². The average Bonchev–Trinajstić information content (AvgIpc) is 2.83. The molecule has 0 saturated carbocycles. The monoisotopic (exact) mass is 275 g/mol. The first kappa shape index (κ1) is 14.1. The molecule has 0 fully saturated rings. The van der Waals surface area contributed by atoms with Gasteiger partial charge in [-0.3, -0.25) is 9.48 Å². The Morgan fingerprint density at radius 2 is 2.30 bits per heavy atom. The number of methoxy groups -OCH3 is 1. The number of phenols is 1. The van der Waals surface area contributed by atoms with Gasteiger partial charge in [-0.05, 0) is 24.6 Å². The van der Waals surface area contributed by atoms with Crippen molar-refractivity contribution in [3.8, 4) is 5.75 Å². The van der Waals surface area contributed by atoms with Gasteiger partial charge in [0.25, 0.3) is 5.91 Å². The number of hydrogen-bond acceptors (Lipinski definition) is 4. The standard InChI is InChI=1S/C14H17N3O3/c1-10-3-4-12(13(18)7-10)14(19)16-11-8-15-17(9-11)5-6-20-2/h3-4,7-9,18H,5-6H2,1-2H3,(H,16,19). The fourth-order valence-corrected chi connectivity index (χ4v) is 1.77. The Hall–Kier alpha value is -2.34. The lowest BCUT2D eigenvalue weighted by Crippen LogP contribution is -2.11. The van der Waals surface area contributed by atoms with Gasteiger partial charge in [0, 0.05) is 13.3 Å². The number of phenolic OH excluding ortho intramolecular Hbond substituents is 1. The van der Waals surface area contributed by atoms with E-state index in [9.17, 15) is 9.90 Å². The molecule has 0 unspecified atom stereocenters. The zero-order valence-corrected chi connectivity index (χ0v) is 11.5. The molecular formula is C14H17N3O3. The summed E-state index contributed by atoms with van der Waals surface area (Å²) in [4.78, 5) is 12.0. The number of ether oxygens (including phenoxy) is 1. The molecule has 1 aromatic heterocycles. The number of nitrogens with one attached hydrogen (secondary N) is 1. The Morgan fingerprint density at radius 1 is 1.50 bits per heavy atom. The van der Waals surface area contributed by atoms with Crippen molar-refractivity contribution in [1.82, 2.24) is 9.78 Å². The van der Waals surface area contributed by atoms with Crippen molar-refractivity contribution in [3.05, 3.63) is 41.7 Å². The summed E-state index contributed by atoms with van der Waals surface area (Å²) in [5, 5.41) is 16.6. The van der Waals surface area contributed by atoms with Gasteiger partial charge < -0.3 is 15.2 Å². The van der Waals surface area contributed by atoms with Crippen LogP contribution >= 0.6 is 0 Å². The minimum atomic E-state index is -0.367. The van der Waals surface area contributed by atoms with Crippen LogP contribution in [0.15, 0.2) is 30.6 Å². The summed E-state index contributed by atoms with van der Waals surface area (Å²) in [7, 11) is 1.62. The lowest BCUT2D eigenvalue weighted by atomic mass is 10.1. The minimum Gasteiger partial charge on any atom is -0.507 e. The first-order chi connectivity index (χ1) is 9.60. The third-order valence-corrected chi connectivity index (χ3v) is 2.81. The van der Waals surface area contributed by atoms with Crippen LogP contribution in [0.4, 0.5) is 5.69 Å². The predicted octanol–water partition coefficient (Wildman–Crippen LogP) is 1.80. The van der Waals surface area contributed by atoms with Crippen LogP contribution in [0.3, 0.4) is 0 Å². The molecule has 0 aliphatic carbocycles. The Labute approximate surface area is 117 Å². The molecular weight excluding hydrogens is 258 g/mol. The lowest BCUT2D eigenvalue weighted by Gasteiger charge is -2.05. The number of nitrogens with zero attached hydrogens (tertiary/aromatic N) is 2. The second-order valence-electron chi connectivity index (χ2n) is 4.46. The van der Waals surface area contributed by atoms with E-state index < -0.39 is 0 Å². The summed E-state index contributed by atoms with van der Waals surface area (Å²) in [5.74, 6) is -0.400. The van der Waals surface area contributed by atoms with E-state index in [-0.39, 0.29) is 17.2 Å². The van der Waals surface area contributed by atoms with Crippen molar-refractivity contribution in [1.29, 1.82) is 0 Å². The Morgan fingerprint density at radius 3 is 3.00 bits per heavy atom. The predicted molar refractivity (Wildman–Crippen MR) is 74.9 cm³/mol. The summed E-state index contributed by atoms with van der Waals surface area (Å²) >= 11 is 0. The molecule has 1 heterocycles. The van der Waals surface area contributed by atoms with Gasteiger partial charge in [0.1, 0.15) is 5.75 Å². The van der Waals surface area contributed by atoms with E-state index >= 15 is 0 Å². The molecule has 106 valence electrons. The molecule has 0 aliphatic heterocycles. The molecule has 0 radical (unpaired) electrons. The van der Waals surface area contributed by atoms with E-state index in [1.807, 2.05) is 6.92 Å². The number of hydrogen-bond donors (Lipinski definition) is 2. The van der Waals surface area contributed by atoms with Gasteiger partial charge in [-0.2, -0.15) is 5.10 Å². The van der Waals surface area contributed by atoms with Gasteiger partial charge in [0.05, 0.1) is 30.6 Å². The van der Waals surface area contributed by atoms with Crippen molar-refractivity contribution < 1.29 is 14.6 Å². The maximum Gasteiger partial charge on any atom is 0.259 e. The third kappa shape index (κ3) is 3.36. The average molecular weight is 275 g/mol. The highest BCUT2D eigenvalue weighted by atomic mass is 16.5. The van der Waals surface area contributed by atoms with Crippen LogP contribution in [0.25, 0.3) is 0 Å². The van der Waals surface area contributed by atoms with Crippen LogP contribution in [0.2, 0.25) is 0 Å². The Kier molecular flexibility index (Phi) is 4.37. The molecule has 6 heteroatoms. The molecule has 0 aliphatic rings. The SMILES string of the molecule is COCCn1cc(NC(=O)c2ccc(C)cc2O)cn1. The van der Waals surface area contributed by atoms with Crippen molar-refractivity contribution in [3.63, 3.8) is 0 Å². The lowest BCUT2D eigenvalue weighted by molar-refractivity contribution is 0.102. The molecule has 6 nitrogen and oxygen atoms in total. The van der Waals surface area contributed by atoms with E-state index in [2.05, 4.69) is 10.4 Å². The van der Waals surface area contributed by atoms with Crippen molar-refractivity contribution in [2.45, 2.75) is 13.5 Å². The molecule has 1 amide bonds. The molecule has 2 rings (SSSR count). The summed E-state index contributed by atoms with van der Waals surface area (Å²) in [5.41, 5.74) is 1.71. The topological polar surface area (TPSA) is 76.4 Å².